The predicted molar refractivity (Wildman–Crippen MR) is 111 cm³/mol. The Morgan fingerprint density at radius 1 is 1.15 bits per heavy atom. The molecule has 27 heavy (non-hydrogen) atoms. The van der Waals surface area contributed by atoms with E-state index in [1.165, 1.54) is 41.4 Å². The molecule has 2 unspecified atom stereocenters. The lowest BCUT2D eigenvalue weighted by atomic mass is 9.77. The predicted octanol–water partition coefficient (Wildman–Crippen LogP) is 4.93. The normalized spacial score (nSPS) is 25.4. The lowest BCUT2D eigenvalue weighted by Crippen LogP contribution is -2.30. The summed E-state index contributed by atoms with van der Waals surface area (Å²) < 4.78 is 2.66. The topological polar surface area (TPSA) is 21.1 Å². The van der Waals surface area contributed by atoms with E-state index >= 15 is 0 Å². The zero-order valence-corrected chi connectivity index (χ0v) is 16.9. The minimum absolute atomic E-state index is 0.126. The lowest BCUT2D eigenvalue weighted by molar-refractivity contribution is 0.269. The average molecular weight is 360 g/mol. The molecule has 0 fully saturated rings. The molecular formula is C24H29N3. The summed E-state index contributed by atoms with van der Waals surface area (Å²) in [7, 11) is 2.27. The first-order valence-electron chi connectivity index (χ1n) is 10.2. The number of rotatable bonds is 1. The number of aryl methyl sites for hydroxylation is 2. The Labute approximate surface area is 162 Å². The van der Waals surface area contributed by atoms with Crippen molar-refractivity contribution in [2.24, 2.45) is 0 Å². The molecule has 2 aliphatic heterocycles. The highest BCUT2D eigenvalue weighted by Gasteiger charge is 2.38. The van der Waals surface area contributed by atoms with E-state index in [9.17, 15) is 0 Å². The van der Waals surface area contributed by atoms with E-state index in [0.717, 1.165) is 18.8 Å². The number of nitrogens with zero attached hydrogens (tertiary/aromatic N) is 3. The Morgan fingerprint density at radius 3 is 2.78 bits per heavy atom. The van der Waals surface area contributed by atoms with Crippen LogP contribution in [0.15, 0.2) is 36.5 Å². The number of fused-ring (bicyclic) bond motifs is 3. The average Bonchev–Trinajstić information content (AvgIpc) is 2.83. The van der Waals surface area contributed by atoms with Crippen LogP contribution in [-0.4, -0.2) is 28.0 Å². The SMILES string of the molecule is Cc1ccc2c(c1)c1c3n2CC(C)(c2ccc(C)nc2)CCC3CN(C)C1. The fourth-order valence-corrected chi connectivity index (χ4v) is 5.37. The van der Waals surface area contributed by atoms with E-state index < -0.39 is 0 Å². The third-order valence-electron chi connectivity index (χ3n) is 6.87. The molecule has 1 aromatic carbocycles. The van der Waals surface area contributed by atoms with Crippen LogP contribution in [0.4, 0.5) is 0 Å². The van der Waals surface area contributed by atoms with E-state index in [0.29, 0.717) is 5.92 Å². The van der Waals surface area contributed by atoms with E-state index in [1.54, 1.807) is 11.3 Å². The molecule has 0 saturated carbocycles. The fraction of sp³-hybridized carbons (Fsp3) is 0.458. The molecule has 2 aliphatic rings. The van der Waals surface area contributed by atoms with Crippen LogP contribution in [0.3, 0.4) is 0 Å². The van der Waals surface area contributed by atoms with Crippen molar-refractivity contribution in [1.82, 2.24) is 14.5 Å². The van der Waals surface area contributed by atoms with Crippen LogP contribution in [0.2, 0.25) is 0 Å². The molecule has 0 saturated heterocycles. The molecule has 140 valence electrons. The summed E-state index contributed by atoms with van der Waals surface area (Å²) in [5.41, 5.74) is 8.55. The molecule has 0 amide bonds. The monoisotopic (exact) mass is 359 g/mol. The van der Waals surface area contributed by atoms with Gasteiger partial charge in [0.25, 0.3) is 0 Å². The minimum Gasteiger partial charge on any atom is -0.343 e. The Morgan fingerprint density at radius 2 is 2.00 bits per heavy atom. The second-order valence-electron chi connectivity index (χ2n) is 9.15. The first-order valence-corrected chi connectivity index (χ1v) is 10.2. The quantitative estimate of drug-likeness (QED) is 0.614. The highest BCUT2D eigenvalue weighted by molar-refractivity contribution is 5.87. The number of hydrogen-bond acceptors (Lipinski definition) is 2. The zero-order valence-electron chi connectivity index (χ0n) is 16.9. The van der Waals surface area contributed by atoms with Crippen molar-refractivity contribution in [3.8, 4) is 0 Å². The van der Waals surface area contributed by atoms with E-state index in [2.05, 4.69) is 78.8 Å². The van der Waals surface area contributed by atoms with Crippen molar-refractivity contribution >= 4 is 10.9 Å². The van der Waals surface area contributed by atoms with Crippen molar-refractivity contribution in [3.63, 3.8) is 0 Å². The van der Waals surface area contributed by atoms with E-state index in [-0.39, 0.29) is 5.41 Å². The van der Waals surface area contributed by atoms with Crippen LogP contribution in [0, 0.1) is 13.8 Å². The van der Waals surface area contributed by atoms with Gasteiger partial charge in [-0.15, -0.1) is 0 Å². The molecule has 0 spiro atoms. The zero-order chi connectivity index (χ0) is 18.8. The van der Waals surface area contributed by atoms with Crippen LogP contribution in [0.25, 0.3) is 10.9 Å². The third kappa shape index (κ3) is 2.63. The summed E-state index contributed by atoms with van der Waals surface area (Å²) in [6.07, 6.45) is 4.57. The minimum atomic E-state index is 0.126. The summed E-state index contributed by atoms with van der Waals surface area (Å²) in [5, 5.41) is 1.47. The Balaban J connectivity index is 1.71. The van der Waals surface area contributed by atoms with Crippen LogP contribution in [-0.2, 0) is 18.5 Å². The molecule has 3 nitrogen and oxygen atoms in total. The summed E-state index contributed by atoms with van der Waals surface area (Å²) in [4.78, 5) is 7.12. The van der Waals surface area contributed by atoms with Gasteiger partial charge in [-0.2, -0.15) is 0 Å². The van der Waals surface area contributed by atoms with Gasteiger partial charge < -0.3 is 9.47 Å². The Kier molecular flexibility index (Phi) is 3.74. The number of hydrogen-bond donors (Lipinski definition) is 0. The highest BCUT2D eigenvalue weighted by atomic mass is 15.1. The summed E-state index contributed by atoms with van der Waals surface area (Å²) in [5.74, 6) is 0.631. The van der Waals surface area contributed by atoms with Crippen LogP contribution >= 0.6 is 0 Å². The van der Waals surface area contributed by atoms with Crippen molar-refractivity contribution < 1.29 is 0 Å². The van der Waals surface area contributed by atoms with Gasteiger partial charge in [0, 0.05) is 59.5 Å². The van der Waals surface area contributed by atoms with Crippen LogP contribution in [0.1, 0.15) is 53.8 Å². The van der Waals surface area contributed by atoms with E-state index in [4.69, 9.17) is 0 Å². The van der Waals surface area contributed by atoms with Gasteiger partial charge in [0.2, 0.25) is 0 Å². The van der Waals surface area contributed by atoms with Gasteiger partial charge in [-0.05, 0) is 63.1 Å². The van der Waals surface area contributed by atoms with Gasteiger partial charge in [0.1, 0.15) is 0 Å². The summed E-state index contributed by atoms with van der Waals surface area (Å²) in [6.45, 7) is 10.0. The largest absolute Gasteiger partial charge is 0.343 e. The second-order valence-corrected chi connectivity index (χ2v) is 9.15. The smallest absolute Gasteiger partial charge is 0.0486 e. The van der Waals surface area contributed by atoms with Crippen molar-refractivity contribution in [2.75, 3.05) is 13.6 Å². The molecule has 2 atom stereocenters. The fourth-order valence-electron chi connectivity index (χ4n) is 5.37. The third-order valence-corrected chi connectivity index (χ3v) is 6.87. The van der Waals surface area contributed by atoms with Crippen LogP contribution in [0.5, 0.6) is 0 Å². The lowest BCUT2D eigenvalue weighted by Gasteiger charge is -2.31. The molecule has 0 bridgehead atoms. The summed E-state index contributed by atoms with van der Waals surface area (Å²) in [6, 6.07) is 11.5. The van der Waals surface area contributed by atoms with Crippen molar-refractivity contribution in [2.45, 2.75) is 58.0 Å². The van der Waals surface area contributed by atoms with Crippen molar-refractivity contribution in [3.05, 3.63) is 64.6 Å². The first-order chi connectivity index (χ1) is 12.9. The molecule has 2 aromatic heterocycles. The van der Waals surface area contributed by atoms with E-state index in [1.807, 2.05) is 0 Å². The molecule has 5 rings (SSSR count). The number of aromatic nitrogens is 2. The molecule has 0 aliphatic carbocycles. The molecule has 0 N–H and O–H groups in total. The van der Waals surface area contributed by atoms with Gasteiger partial charge in [-0.25, -0.2) is 0 Å². The molecule has 3 aromatic rings. The molecule has 4 heterocycles. The highest BCUT2D eigenvalue weighted by Crippen LogP contribution is 2.45. The molecule has 3 heteroatoms. The molecular weight excluding hydrogens is 330 g/mol. The van der Waals surface area contributed by atoms with Crippen molar-refractivity contribution in [1.29, 1.82) is 0 Å². The first kappa shape index (κ1) is 17.0. The van der Waals surface area contributed by atoms with Gasteiger partial charge in [-0.1, -0.05) is 24.6 Å². The Bertz CT molecular complexity index is 1010. The standard InChI is InChI=1S/C24H29N3/c1-16-5-8-22-20(11-16)21-14-26(4)13-18-9-10-24(3,15-27(22)23(18)21)19-7-6-17(2)25-12-19/h5-8,11-12,18H,9-10,13-15H2,1-4H3. The molecule has 0 radical (unpaired) electrons. The van der Waals surface area contributed by atoms with Gasteiger partial charge in [0.05, 0.1) is 0 Å². The number of benzene rings is 1. The number of pyridine rings is 1. The maximum atomic E-state index is 4.61. The summed E-state index contributed by atoms with van der Waals surface area (Å²) >= 11 is 0. The maximum Gasteiger partial charge on any atom is 0.0486 e. The maximum absolute atomic E-state index is 4.61. The van der Waals surface area contributed by atoms with Crippen LogP contribution < -0.4 is 0 Å². The van der Waals surface area contributed by atoms with Gasteiger partial charge in [-0.3, -0.25) is 4.98 Å². The Hall–Kier alpha value is -2.13. The van der Waals surface area contributed by atoms with Gasteiger partial charge in [0.15, 0.2) is 0 Å². The van der Waals surface area contributed by atoms with Gasteiger partial charge >= 0.3 is 0 Å². The second kappa shape index (κ2) is 5.93. The number of likely N-dealkylation sites (N-methyl/N-ethyl adjacent to an activating group) is 1.